The number of hydrogen-bond donors (Lipinski definition) is 1. The van der Waals surface area contributed by atoms with Gasteiger partial charge in [-0.15, -0.1) is 0 Å². The average Bonchev–Trinajstić information content (AvgIpc) is 2.75. The summed E-state index contributed by atoms with van der Waals surface area (Å²) >= 11 is 0. The van der Waals surface area contributed by atoms with Gasteiger partial charge in [0.05, 0.1) is 0 Å². The van der Waals surface area contributed by atoms with Crippen LogP contribution in [0.15, 0.2) is 12.2 Å². The van der Waals surface area contributed by atoms with E-state index in [0.717, 1.165) is 12.5 Å². The number of nitrogens with two attached hydrogens (primary N) is 1. The first-order valence-electron chi connectivity index (χ1n) is 5.90. The highest BCUT2D eigenvalue weighted by Crippen LogP contribution is 2.25. The largest absolute Gasteiger partial charge is 0.324 e. The van der Waals surface area contributed by atoms with E-state index in [1.165, 1.54) is 32.2 Å². The predicted molar refractivity (Wildman–Crippen MR) is 60.1 cm³/mol. The zero-order valence-electron chi connectivity index (χ0n) is 9.15. The summed E-state index contributed by atoms with van der Waals surface area (Å²) in [6, 6.07) is 1.16. The van der Waals surface area contributed by atoms with Crippen LogP contribution in [-0.4, -0.2) is 30.6 Å². The molecule has 0 aliphatic heterocycles. The number of rotatable bonds is 3. The Morgan fingerprint density at radius 3 is 2.57 bits per heavy atom. The lowest BCUT2D eigenvalue weighted by Gasteiger charge is -2.26. The third-order valence-electron chi connectivity index (χ3n) is 3.68. The highest BCUT2D eigenvalue weighted by atomic mass is 15.1. The van der Waals surface area contributed by atoms with Crippen molar-refractivity contribution in [3.05, 3.63) is 12.2 Å². The van der Waals surface area contributed by atoms with E-state index in [0.29, 0.717) is 12.0 Å². The highest BCUT2D eigenvalue weighted by Gasteiger charge is 2.23. The van der Waals surface area contributed by atoms with Gasteiger partial charge in [-0.25, -0.2) is 0 Å². The molecule has 2 aliphatic carbocycles. The van der Waals surface area contributed by atoms with Gasteiger partial charge in [-0.05, 0) is 32.2 Å². The third-order valence-corrected chi connectivity index (χ3v) is 3.68. The Morgan fingerprint density at radius 2 is 2.00 bits per heavy atom. The van der Waals surface area contributed by atoms with Gasteiger partial charge in [-0.3, -0.25) is 0 Å². The van der Waals surface area contributed by atoms with E-state index >= 15 is 0 Å². The smallest absolute Gasteiger partial charge is 0.0229 e. The van der Waals surface area contributed by atoms with Crippen LogP contribution in [0.3, 0.4) is 0 Å². The first-order valence-corrected chi connectivity index (χ1v) is 5.90. The van der Waals surface area contributed by atoms with E-state index in [4.69, 9.17) is 5.73 Å². The molecule has 0 aromatic rings. The van der Waals surface area contributed by atoms with E-state index < -0.39 is 0 Å². The predicted octanol–water partition coefficient (Wildman–Crippen LogP) is 1.76. The van der Waals surface area contributed by atoms with Crippen molar-refractivity contribution in [3.8, 4) is 0 Å². The van der Waals surface area contributed by atoms with E-state index in [1.54, 1.807) is 0 Å². The van der Waals surface area contributed by atoms with E-state index in [9.17, 15) is 0 Å². The first kappa shape index (κ1) is 10.2. The zero-order chi connectivity index (χ0) is 9.97. The number of hydrogen-bond acceptors (Lipinski definition) is 2. The fourth-order valence-electron chi connectivity index (χ4n) is 2.81. The molecule has 2 nitrogen and oxygen atoms in total. The minimum atomic E-state index is 0.317. The molecule has 2 heteroatoms. The van der Waals surface area contributed by atoms with Gasteiger partial charge in [0.25, 0.3) is 0 Å². The molecule has 2 N–H and O–H groups in total. The van der Waals surface area contributed by atoms with Crippen LogP contribution in [0.4, 0.5) is 0 Å². The SMILES string of the molecule is CN(CC1C=CC(N)C1)C1CCCC1. The lowest BCUT2D eigenvalue weighted by Crippen LogP contribution is -2.33. The molecule has 2 aliphatic rings. The van der Waals surface area contributed by atoms with Gasteiger partial charge in [0.1, 0.15) is 0 Å². The highest BCUT2D eigenvalue weighted by molar-refractivity contribution is 5.05. The van der Waals surface area contributed by atoms with Crippen LogP contribution in [0.5, 0.6) is 0 Å². The Bertz CT molecular complexity index is 206. The summed E-state index contributed by atoms with van der Waals surface area (Å²) < 4.78 is 0. The molecule has 0 aromatic heterocycles. The van der Waals surface area contributed by atoms with Gasteiger partial charge in [0.15, 0.2) is 0 Å². The molecule has 0 aromatic carbocycles. The topological polar surface area (TPSA) is 29.3 Å². The molecular weight excluding hydrogens is 172 g/mol. The molecule has 0 bridgehead atoms. The van der Waals surface area contributed by atoms with E-state index in [-0.39, 0.29) is 0 Å². The Morgan fingerprint density at radius 1 is 1.29 bits per heavy atom. The van der Waals surface area contributed by atoms with Crippen molar-refractivity contribution >= 4 is 0 Å². The molecule has 2 atom stereocenters. The molecular formula is C12H22N2. The minimum Gasteiger partial charge on any atom is -0.324 e. The Kier molecular flexibility index (Phi) is 3.24. The van der Waals surface area contributed by atoms with Crippen molar-refractivity contribution in [1.29, 1.82) is 0 Å². The molecule has 2 unspecified atom stereocenters. The van der Waals surface area contributed by atoms with Crippen molar-refractivity contribution in [2.24, 2.45) is 11.7 Å². The van der Waals surface area contributed by atoms with Gasteiger partial charge in [0, 0.05) is 18.6 Å². The Hall–Kier alpha value is -0.340. The van der Waals surface area contributed by atoms with Crippen molar-refractivity contribution in [1.82, 2.24) is 4.90 Å². The van der Waals surface area contributed by atoms with E-state index in [1.807, 2.05) is 0 Å². The van der Waals surface area contributed by atoms with Gasteiger partial charge < -0.3 is 10.6 Å². The van der Waals surface area contributed by atoms with Crippen LogP contribution in [0.25, 0.3) is 0 Å². The summed E-state index contributed by atoms with van der Waals surface area (Å²) in [6.45, 7) is 1.20. The molecule has 14 heavy (non-hydrogen) atoms. The van der Waals surface area contributed by atoms with Crippen LogP contribution in [0, 0.1) is 5.92 Å². The molecule has 0 spiro atoms. The molecule has 2 rings (SSSR count). The van der Waals surface area contributed by atoms with Gasteiger partial charge in [-0.1, -0.05) is 25.0 Å². The van der Waals surface area contributed by atoms with Gasteiger partial charge in [-0.2, -0.15) is 0 Å². The van der Waals surface area contributed by atoms with Crippen LogP contribution in [-0.2, 0) is 0 Å². The van der Waals surface area contributed by atoms with Crippen LogP contribution in [0.2, 0.25) is 0 Å². The minimum absolute atomic E-state index is 0.317. The lowest BCUT2D eigenvalue weighted by atomic mass is 10.1. The van der Waals surface area contributed by atoms with Crippen molar-refractivity contribution in [3.63, 3.8) is 0 Å². The Balaban J connectivity index is 1.76. The van der Waals surface area contributed by atoms with Crippen molar-refractivity contribution in [2.75, 3.05) is 13.6 Å². The van der Waals surface area contributed by atoms with Gasteiger partial charge >= 0.3 is 0 Å². The Labute approximate surface area is 87.2 Å². The maximum absolute atomic E-state index is 5.85. The second-order valence-corrected chi connectivity index (χ2v) is 4.92. The summed E-state index contributed by atoms with van der Waals surface area (Å²) in [6.07, 6.45) is 11.3. The third kappa shape index (κ3) is 2.37. The number of nitrogens with zero attached hydrogens (tertiary/aromatic N) is 1. The standard InChI is InChI=1S/C12H22N2/c1-14(12-4-2-3-5-12)9-10-6-7-11(13)8-10/h6-7,10-12H,2-5,8-9,13H2,1H3. The quantitative estimate of drug-likeness (QED) is 0.694. The molecule has 0 amide bonds. The van der Waals surface area contributed by atoms with Crippen LogP contribution < -0.4 is 5.73 Å². The average molecular weight is 194 g/mol. The first-order chi connectivity index (χ1) is 6.75. The molecule has 0 saturated heterocycles. The lowest BCUT2D eigenvalue weighted by molar-refractivity contribution is 0.221. The molecule has 1 fully saturated rings. The summed E-state index contributed by atoms with van der Waals surface area (Å²) in [5, 5.41) is 0. The monoisotopic (exact) mass is 194 g/mol. The maximum atomic E-state index is 5.85. The second-order valence-electron chi connectivity index (χ2n) is 4.92. The van der Waals surface area contributed by atoms with Crippen molar-refractivity contribution in [2.45, 2.75) is 44.2 Å². The van der Waals surface area contributed by atoms with Crippen molar-refractivity contribution < 1.29 is 0 Å². The molecule has 0 heterocycles. The fraction of sp³-hybridized carbons (Fsp3) is 0.833. The summed E-state index contributed by atoms with van der Waals surface area (Å²) in [5.41, 5.74) is 5.85. The maximum Gasteiger partial charge on any atom is 0.0229 e. The molecule has 1 saturated carbocycles. The second kappa shape index (κ2) is 4.45. The summed E-state index contributed by atoms with van der Waals surface area (Å²) in [7, 11) is 2.27. The summed E-state index contributed by atoms with van der Waals surface area (Å²) in [5.74, 6) is 0.704. The molecule has 80 valence electrons. The normalized spacial score (nSPS) is 33.4. The molecule has 0 radical (unpaired) electrons. The van der Waals surface area contributed by atoms with Gasteiger partial charge in [0.2, 0.25) is 0 Å². The van der Waals surface area contributed by atoms with Crippen LogP contribution >= 0.6 is 0 Å². The van der Waals surface area contributed by atoms with Crippen LogP contribution in [0.1, 0.15) is 32.1 Å². The zero-order valence-corrected chi connectivity index (χ0v) is 9.15. The fourth-order valence-corrected chi connectivity index (χ4v) is 2.81. The summed E-state index contributed by atoms with van der Waals surface area (Å²) in [4.78, 5) is 2.54. The van der Waals surface area contributed by atoms with E-state index in [2.05, 4.69) is 24.1 Å².